The topological polar surface area (TPSA) is 38.8 Å². The zero-order chi connectivity index (χ0) is 13.5. The molecular formula is C15H21NO3. The summed E-state index contributed by atoms with van der Waals surface area (Å²) in [5, 5.41) is 0. The van der Waals surface area contributed by atoms with Gasteiger partial charge in [-0.3, -0.25) is 4.79 Å². The Hall–Kier alpha value is -1.39. The summed E-state index contributed by atoms with van der Waals surface area (Å²) >= 11 is 0. The summed E-state index contributed by atoms with van der Waals surface area (Å²) in [6.45, 7) is 4.64. The van der Waals surface area contributed by atoms with Crippen molar-refractivity contribution in [1.82, 2.24) is 4.90 Å². The molecule has 1 aromatic carbocycles. The molecule has 4 nitrogen and oxygen atoms in total. The minimum Gasteiger partial charge on any atom is -0.377 e. The number of carbonyl (C=O) groups is 1. The molecule has 104 valence electrons. The molecule has 0 radical (unpaired) electrons. The zero-order valence-electron chi connectivity index (χ0n) is 11.4. The predicted molar refractivity (Wildman–Crippen MR) is 72.7 cm³/mol. The van der Waals surface area contributed by atoms with E-state index in [9.17, 15) is 4.79 Å². The Morgan fingerprint density at radius 2 is 2.21 bits per heavy atom. The molecule has 0 aliphatic carbocycles. The SMILES string of the molecule is CCC1COCCN1C(=O)COCc1ccccc1. The lowest BCUT2D eigenvalue weighted by Crippen LogP contribution is -2.49. The predicted octanol–water partition coefficient (Wildman–Crippen LogP) is 1.84. The molecule has 0 spiro atoms. The maximum atomic E-state index is 12.1. The van der Waals surface area contributed by atoms with Gasteiger partial charge in [-0.25, -0.2) is 0 Å². The van der Waals surface area contributed by atoms with Crippen LogP contribution < -0.4 is 0 Å². The second kappa shape index (κ2) is 7.26. The average molecular weight is 263 g/mol. The molecule has 0 bridgehead atoms. The van der Waals surface area contributed by atoms with E-state index < -0.39 is 0 Å². The van der Waals surface area contributed by atoms with Crippen molar-refractivity contribution in [3.8, 4) is 0 Å². The maximum Gasteiger partial charge on any atom is 0.248 e. The van der Waals surface area contributed by atoms with Crippen LogP contribution in [-0.4, -0.2) is 43.2 Å². The van der Waals surface area contributed by atoms with E-state index in [1.807, 2.05) is 35.2 Å². The number of ether oxygens (including phenoxy) is 2. The van der Waals surface area contributed by atoms with Crippen LogP contribution in [0.5, 0.6) is 0 Å². The van der Waals surface area contributed by atoms with Crippen molar-refractivity contribution in [2.75, 3.05) is 26.4 Å². The Kier molecular flexibility index (Phi) is 5.36. The summed E-state index contributed by atoms with van der Waals surface area (Å²) in [5.41, 5.74) is 1.09. The quantitative estimate of drug-likeness (QED) is 0.813. The van der Waals surface area contributed by atoms with Gasteiger partial charge < -0.3 is 14.4 Å². The lowest BCUT2D eigenvalue weighted by molar-refractivity contribution is -0.145. The van der Waals surface area contributed by atoms with Gasteiger partial charge in [0.25, 0.3) is 0 Å². The summed E-state index contributed by atoms with van der Waals surface area (Å²) in [4.78, 5) is 14.0. The lowest BCUT2D eigenvalue weighted by Gasteiger charge is -2.35. The largest absolute Gasteiger partial charge is 0.377 e. The van der Waals surface area contributed by atoms with Crippen LogP contribution in [0.1, 0.15) is 18.9 Å². The monoisotopic (exact) mass is 263 g/mol. The Balaban J connectivity index is 1.77. The van der Waals surface area contributed by atoms with Crippen LogP contribution in [0.3, 0.4) is 0 Å². The van der Waals surface area contributed by atoms with Gasteiger partial charge >= 0.3 is 0 Å². The molecule has 2 rings (SSSR count). The first-order chi connectivity index (χ1) is 9.31. The van der Waals surface area contributed by atoms with Crippen LogP contribution in [0, 0.1) is 0 Å². The molecule has 1 fully saturated rings. The number of hydrogen-bond donors (Lipinski definition) is 0. The first-order valence-electron chi connectivity index (χ1n) is 6.80. The van der Waals surface area contributed by atoms with Crippen LogP contribution in [0.4, 0.5) is 0 Å². The van der Waals surface area contributed by atoms with Gasteiger partial charge in [0, 0.05) is 6.54 Å². The fraction of sp³-hybridized carbons (Fsp3) is 0.533. The van der Waals surface area contributed by atoms with Crippen molar-refractivity contribution in [2.45, 2.75) is 26.0 Å². The number of benzene rings is 1. The minimum atomic E-state index is 0.0612. The third-order valence-electron chi connectivity index (χ3n) is 3.36. The molecule has 4 heteroatoms. The van der Waals surface area contributed by atoms with Crippen LogP contribution >= 0.6 is 0 Å². The summed E-state index contributed by atoms with van der Waals surface area (Å²) in [7, 11) is 0. The highest BCUT2D eigenvalue weighted by Crippen LogP contribution is 2.11. The summed E-state index contributed by atoms with van der Waals surface area (Å²) in [6.07, 6.45) is 0.921. The molecule has 0 saturated carbocycles. The van der Waals surface area contributed by atoms with Gasteiger partial charge in [-0.1, -0.05) is 37.3 Å². The standard InChI is InChI=1S/C15H21NO3/c1-2-14-11-18-9-8-16(14)15(17)12-19-10-13-6-4-3-5-7-13/h3-7,14H,2,8-12H2,1H3. The summed E-state index contributed by atoms with van der Waals surface area (Å²) in [5.74, 6) is 0.0612. The Morgan fingerprint density at radius 3 is 2.95 bits per heavy atom. The fourth-order valence-corrected chi connectivity index (χ4v) is 2.23. The Labute approximate surface area is 114 Å². The molecular weight excluding hydrogens is 242 g/mol. The van der Waals surface area contributed by atoms with E-state index in [-0.39, 0.29) is 18.6 Å². The van der Waals surface area contributed by atoms with Crippen molar-refractivity contribution in [1.29, 1.82) is 0 Å². The molecule has 1 atom stereocenters. The van der Waals surface area contributed by atoms with Crippen LogP contribution in [0.2, 0.25) is 0 Å². The van der Waals surface area contributed by atoms with E-state index in [1.165, 1.54) is 0 Å². The van der Waals surface area contributed by atoms with Crippen LogP contribution in [0.25, 0.3) is 0 Å². The van der Waals surface area contributed by atoms with Gasteiger partial charge in [0.2, 0.25) is 5.91 Å². The molecule has 19 heavy (non-hydrogen) atoms. The summed E-state index contributed by atoms with van der Waals surface area (Å²) in [6, 6.07) is 10.1. The first kappa shape index (κ1) is 14.0. The molecule has 1 aromatic rings. The van der Waals surface area contributed by atoms with E-state index in [4.69, 9.17) is 9.47 Å². The van der Waals surface area contributed by atoms with Gasteiger partial charge in [-0.05, 0) is 12.0 Å². The van der Waals surface area contributed by atoms with Crippen molar-refractivity contribution >= 4 is 5.91 Å². The van der Waals surface area contributed by atoms with Gasteiger partial charge in [-0.2, -0.15) is 0 Å². The molecule has 1 aliphatic rings. The van der Waals surface area contributed by atoms with E-state index >= 15 is 0 Å². The van der Waals surface area contributed by atoms with Gasteiger partial charge in [0.05, 0.1) is 25.9 Å². The number of rotatable bonds is 5. The second-order valence-electron chi connectivity index (χ2n) is 4.70. The average Bonchev–Trinajstić information content (AvgIpc) is 2.48. The summed E-state index contributed by atoms with van der Waals surface area (Å²) < 4.78 is 10.9. The molecule has 1 heterocycles. The highest BCUT2D eigenvalue weighted by Gasteiger charge is 2.25. The van der Waals surface area contributed by atoms with Gasteiger partial charge in [0.1, 0.15) is 6.61 Å². The van der Waals surface area contributed by atoms with E-state index in [0.717, 1.165) is 12.0 Å². The third kappa shape index (κ3) is 4.04. The van der Waals surface area contributed by atoms with Crippen molar-refractivity contribution in [3.63, 3.8) is 0 Å². The first-order valence-corrected chi connectivity index (χ1v) is 6.80. The molecule has 1 amide bonds. The van der Waals surface area contributed by atoms with E-state index in [0.29, 0.717) is 26.4 Å². The number of carbonyl (C=O) groups excluding carboxylic acids is 1. The zero-order valence-corrected chi connectivity index (χ0v) is 11.4. The normalized spacial score (nSPS) is 19.4. The van der Waals surface area contributed by atoms with Crippen LogP contribution in [0.15, 0.2) is 30.3 Å². The molecule has 1 unspecified atom stereocenters. The van der Waals surface area contributed by atoms with E-state index in [1.54, 1.807) is 0 Å². The van der Waals surface area contributed by atoms with Crippen molar-refractivity contribution < 1.29 is 14.3 Å². The number of morpholine rings is 1. The minimum absolute atomic E-state index is 0.0612. The Morgan fingerprint density at radius 1 is 1.42 bits per heavy atom. The van der Waals surface area contributed by atoms with Crippen LogP contribution in [-0.2, 0) is 20.9 Å². The Bertz CT molecular complexity index is 394. The molecule has 0 aromatic heterocycles. The van der Waals surface area contributed by atoms with Crippen molar-refractivity contribution in [3.05, 3.63) is 35.9 Å². The third-order valence-corrected chi connectivity index (χ3v) is 3.36. The molecule has 0 N–H and O–H groups in total. The number of amides is 1. The fourth-order valence-electron chi connectivity index (χ4n) is 2.23. The van der Waals surface area contributed by atoms with Gasteiger partial charge in [-0.15, -0.1) is 0 Å². The molecule has 1 saturated heterocycles. The number of hydrogen-bond acceptors (Lipinski definition) is 3. The molecule has 1 aliphatic heterocycles. The van der Waals surface area contributed by atoms with Crippen molar-refractivity contribution in [2.24, 2.45) is 0 Å². The van der Waals surface area contributed by atoms with E-state index in [2.05, 4.69) is 6.92 Å². The number of nitrogens with zero attached hydrogens (tertiary/aromatic N) is 1. The second-order valence-corrected chi connectivity index (χ2v) is 4.70. The van der Waals surface area contributed by atoms with Gasteiger partial charge in [0.15, 0.2) is 0 Å². The maximum absolute atomic E-state index is 12.1. The highest BCUT2D eigenvalue weighted by molar-refractivity contribution is 5.77. The smallest absolute Gasteiger partial charge is 0.248 e. The lowest BCUT2D eigenvalue weighted by atomic mass is 10.2. The highest BCUT2D eigenvalue weighted by atomic mass is 16.5.